The topological polar surface area (TPSA) is 12.4 Å². The number of rotatable bonds is 0. The van der Waals surface area contributed by atoms with Gasteiger partial charge in [-0.15, -0.1) is 4.36 Å². The standard InChI is InChI=1S/C6H3NS/c1-2-3-4-5-6-7-8/h2H,1H2/i1D,2D. The summed E-state index contributed by atoms with van der Waals surface area (Å²) < 4.78 is 16.4. The normalized spacial score (nSPS) is 10.8. The average molecular weight is 123 g/mol. The molecule has 0 bridgehead atoms. The minimum Gasteiger partial charge on any atom is -0.128 e. The fourth-order valence-corrected chi connectivity index (χ4v) is 0.164. The van der Waals surface area contributed by atoms with Crippen LogP contribution in [0.1, 0.15) is 2.74 Å². The summed E-state index contributed by atoms with van der Waals surface area (Å²) in [5, 5.41) is 0. The van der Waals surface area contributed by atoms with E-state index in [1.165, 1.54) is 0 Å². The number of hydrogen-bond acceptors (Lipinski definition) is 2. The molecule has 0 fully saturated rings. The van der Waals surface area contributed by atoms with Crippen molar-refractivity contribution in [3.05, 3.63) is 12.6 Å². The number of allylic oxidation sites excluding steroid dienone is 1. The summed E-state index contributed by atoms with van der Waals surface area (Å²) in [5.74, 6) is 6.84. The molecule has 0 heterocycles. The molecule has 2 heteroatoms. The van der Waals surface area contributed by atoms with Gasteiger partial charge in [-0.05, 0) is 12.0 Å². The Labute approximate surface area is 56.8 Å². The van der Waals surface area contributed by atoms with Gasteiger partial charge in [0, 0.05) is 5.92 Å². The lowest BCUT2D eigenvalue weighted by atomic mass is 10.6. The molecule has 38 valence electrons. The monoisotopic (exact) mass is 123 g/mol. The average Bonchev–Trinajstić information content (AvgIpc) is 1.98. The largest absolute Gasteiger partial charge is 0.128 e. The molecule has 0 amide bonds. The second-order valence-electron chi connectivity index (χ2n) is 0.722. The Morgan fingerprint density at radius 3 is 3.38 bits per heavy atom. The number of nitrogens with zero attached hydrogens (tertiary/aromatic N) is 1. The van der Waals surface area contributed by atoms with E-state index in [9.17, 15) is 0 Å². The van der Waals surface area contributed by atoms with Crippen LogP contribution in [0.3, 0.4) is 0 Å². The van der Waals surface area contributed by atoms with Gasteiger partial charge in [-0.3, -0.25) is 0 Å². The summed E-state index contributed by atoms with van der Waals surface area (Å²) in [6, 6.07) is 2.09. The molecule has 8 heavy (non-hydrogen) atoms. The van der Waals surface area contributed by atoms with Crippen molar-refractivity contribution in [2.24, 2.45) is 4.36 Å². The van der Waals surface area contributed by atoms with Crippen LogP contribution in [0.15, 0.2) is 17.0 Å². The van der Waals surface area contributed by atoms with E-state index in [-0.39, 0.29) is 6.05 Å². The van der Waals surface area contributed by atoms with Gasteiger partial charge in [0.2, 0.25) is 0 Å². The lowest BCUT2D eigenvalue weighted by molar-refractivity contribution is 1.80. The molecule has 0 unspecified atom stereocenters. The van der Waals surface area contributed by atoms with Crippen LogP contribution in [-0.4, -0.2) is 0 Å². The van der Waals surface area contributed by atoms with E-state index >= 15 is 0 Å². The third kappa shape index (κ3) is 4.88. The van der Waals surface area contributed by atoms with E-state index in [2.05, 4.69) is 40.6 Å². The van der Waals surface area contributed by atoms with Crippen molar-refractivity contribution in [2.45, 2.75) is 0 Å². The van der Waals surface area contributed by atoms with Gasteiger partial charge in [-0.2, -0.15) is 0 Å². The van der Waals surface area contributed by atoms with Gasteiger partial charge in [0.05, 0.1) is 21.2 Å². The molecule has 0 atom stereocenters. The molecule has 0 aliphatic rings. The summed E-state index contributed by atoms with van der Waals surface area (Å²) in [7, 11) is 0. The SMILES string of the molecule is [2H]C=C([2H])C#CC#CN=S. The first-order valence-electron chi connectivity index (χ1n) is 2.77. The van der Waals surface area contributed by atoms with Gasteiger partial charge in [0.25, 0.3) is 0 Å². The minimum atomic E-state index is -0.0846. The van der Waals surface area contributed by atoms with Gasteiger partial charge >= 0.3 is 0 Å². The van der Waals surface area contributed by atoms with Crippen LogP contribution in [-0.2, 0) is 12.4 Å². The molecule has 0 radical (unpaired) electrons. The van der Waals surface area contributed by atoms with E-state index in [0.29, 0.717) is 0 Å². The van der Waals surface area contributed by atoms with E-state index in [4.69, 9.17) is 2.74 Å². The van der Waals surface area contributed by atoms with Crippen molar-refractivity contribution in [3.8, 4) is 23.8 Å². The highest BCUT2D eigenvalue weighted by Crippen LogP contribution is 1.56. The highest BCUT2D eigenvalue weighted by Gasteiger charge is 1.50. The van der Waals surface area contributed by atoms with Crippen LogP contribution in [0.5, 0.6) is 0 Å². The molecule has 1 nitrogen and oxygen atoms in total. The van der Waals surface area contributed by atoms with Crippen molar-refractivity contribution >= 4 is 12.4 Å². The van der Waals surface area contributed by atoms with E-state index < -0.39 is 0 Å². The van der Waals surface area contributed by atoms with Gasteiger partial charge < -0.3 is 0 Å². The summed E-state index contributed by atoms with van der Waals surface area (Å²) >= 11 is 4.14. The molecule has 0 rings (SSSR count). The number of hydrogen-bond donors (Lipinski definition) is 0. The molecule has 0 aromatic carbocycles. The third-order valence-electron chi connectivity index (χ3n) is 0.299. The predicted octanol–water partition coefficient (Wildman–Crippen LogP) is 0.867. The van der Waals surface area contributed by atoms with E-state index in [0.717, 1.165) is 6.55 Å². The predicted molar refractivity (Wildman–Crippen MR) is 35.5 cm³/mol. The summed E-state index contributed by atoms with van der Waals surface area (Å²) in [6.07, 6.45) is 0. The fraction of sp³-hybridized carbons (Fsp3) is 0. The smallest absolute Gasteiger partial charge is 0.0714 e. The lowest BCUT2D eigenvalue weighted by Crippen LogP contribution is -1.47. The molecular formula is C6H3NS. The zero-order chi connectivity index (χ0) is 7.82. The highest BCUT2D eigenvalue weighted by atomic mass is 32.1. The van der Waals surface area contributed by atoms with Crippen molar-refractivity contribution in [1.82, 2.24) is 0 Å². The first kappa shape index (κ1) is 3.83. The van der Waals surface area contributed by atoms with E-state index in [1.807, 2.05) is 0 Å². The maximum Gasteiger partial charge on any atom is 0.0714 e. The van der Waals surface area contributed by atoms with Crippen LogP contribution < -0.4 is 0 Å². The molecule has 0 aliphatic heterocycles. The van der Waals surface area contributed by atoms with Crippen LogP contribution in [0.4, 0.5) is 0 Å². The molecule has 0 spiro atoms. The Morgan fingerprint density at radius 2 is 2.75 bits per heavy atom. The molecule has 0 saturated heterocycles. The maximum atomic E-state index is 6.83. The van der Waals surface area contributed by atoms with Gasteiger partial charge in [0.15, 0.2) is 0 Å². The molecule has 0 saturated carbocycles. The van der Waals surface area contributed by atoms with Crippen LogP contribution >= 0.6 is 0 Å². The Morgan fingerprint density at radius 1 is 1.88 bits per heavy atom. The van der Waals surface area contributed by atoms with Crippen molar-refractivity contribution in [3.63, 3.8) is 0 Å². The summed E-state index contributed by atoms with van der Waals surface area (Å²) in [4.78, 5) is 0. The van der Waals surface area contributed by atoms with E-state index in [1.54, 1.807) is 0 Å². The summed E-state index contributed by atoms with van der Waals surface area (Å²) in [6.45, 7) is 0.833. The molecule has 0 aromatic heterocycles. The third-order valence-corrected chi connectivity index (χ3v) is 0.390. The first-order chi connectivity index (χ1) is 4.81. The molecule has 0 aliphatic carbocycles. The van der Waals surface area contributed by atoms with Gasteiger partial charge in [0.1, 0.15) is 0 Å². The van der Waals surface area contributed by atoms with Crippen molar-refractivity contribution in [2.75, 3.05) is 0 Å². The van der Waals surface area contributed by atoms with Crippen LogP contribution in [0, 0.1) is 23.8 Å². The molecular weight excluding hydrogens is 118 g/mol. The van der Waals surface area contributed by atoms with Crippen molar-refractivity contribution in [1.29, 1.82) is 0 Å². The summed E-state index contributed by atoms with van der Waals surface area (Å²) in [5.41, 5.74) is 0. The Bertz CT molecular complexity index is 261. The second kappa shape index (κ2) is 5.88. The van der Waals surface area contributed by atoms with Crippen LogP contribution in [0.25, 0.3) is 0 Å². The molecule has 0 aromatic rings. The fourth-order valence-electron chi connectivity index (χ4n) is 0.118. The van der Waals surface area contributed by atoms with Crippen molar-refractivity contribution < 1.29 is 2.74 Å². The second-order valence-corrected chi connectivity index (χ2v) is 0.905. The maximum absolute atomic E-state index is 6.83. The van der Waals surface area contributed by atoms with Gasteiger partial charge in [-0.25, -0.2) is 0 Å². The lowest BCUT2D eigenvalue weighted by Gasteiger charge is -1.53. The minimum absolute atomic E-state index is 0.0846. The Balaban J connectivity index is 4.05. The van der Waals surface area contributed by atoms with Gasteiger partial charge in [-0.1, -0.05) is 12.5 Å². The first-order valence-corrected chi connectivity index (χ1v) is 2.06. The van der Waals surface area contributed by atoms with Crippen LogP contribution in [0.2, 0.25) is 0 Å². The quantitative estimate of drug-likeness (QED) is 0.435. The highest BCUT2D eigenvalue weighted by molar-refractivity contribution is 7.47. The zero-order valence-corrected chi connectivity index (χ0v) is 4.75. The Kier molecular flexibility index (Phi) is 2.82. The molecule has 0 N–H and O–H groups in total. The Hall–Kier alpha value is -1.12. The zero-order valence-electron chi connectivity index (χ0n) is 5.93.